The van der Waals surface area contributed by atoms with Gasteiger partial charge in [0, 0.05) is 53.3 Å². The van der Waals surface area contributed by atoms with E-state index in [-0.39, 0.29) is 0 Å². The lowest BCUT2D eigenvalue weighted by Crippen LogP contribution is -2.26. The Bertz CT molecular complexity index is 2390. The van der Waals surface area contributed by atoms with Crippen LogP contribution >= 0.6 is 22.7 Å². The highest BCUT2D eigenvalue weighted by Crippen LogP contribution is 2.67. The van der Waals surface area contributed by atoms with Crippen LogP contribution in [0.5, 0.6) is 0 Å². The van der Waals surface area contributed by atoms with Gasteiger partial charge in [0.25, 0.3) is 0 Å². The quantitative estimate of drug-likeness (QED) is 0.207. The number of benzene rings is 5. The maximum atomic E-state index is 4.97. The molecule has 190 valence electrons. The summed E-state index contributed by atoms with van der Waals surface area (Å²) in [4.78, 5) is 6.37. The Morgan fingerprint density at radius 1 is 0.512 bits per heavy atom. The zero-order chi connectivity index (χ0) is 26.7. The van der Waals surface area contributed by atoms with Crippen molar-refractivity contribution < 1.29 is 0 Å². The van der Waals surface area contributed by atoms with Gasteiger partial charge in [-0.05, 0) is 62.5 Å². The molecule has 0 aliphatic heterocycles. The third-order valence-electron chi connectivity index (χ3n) is 9.16. The van der Waals surface area contributed by atoms with Crippen molar-refractivity contribution in [3.05, 3.63) is 150 Å². The molecule has 0 bridgehead atoms. The van der Waals surface area contributed by atoms with Crippen LogP contribution in [0.15, 0.2) is 128 Å². The maximum absolute atomic E-state index is 4.97. The molecule has 1 nitrogen and oxygen atoms in total. The van der Waals surface area contributed by atoms with Gasteiger partial charge in [0.15, 0.2) is 0 Å². The molecular weight excluding hydrogens is 535 g/mol. The molecule has 2 aliphatic carbocycles. The predicted molar refractivity (Wildman–Crippen MR) is 174 cm³/mol. The molecule has 0 saturated carbocycles. The summed E-state index contributed by atoms with van der Waals surface area (Å²) >= 11 is 3.81. The minimum absolute atomic E-state index is 0.394. The standard InChI is InChI=1S/C38H21NS2/c1-4-16-31-25(9-1)27-13-8-15-30-34(27)38(31,35-29-11-3-6-18-33(29)41-37(30)35)23-19-22(20-39-21-23)24-12-7-14-28-26-10-2-5-17-32(26)40-36(24)28/h1-21H. The Morgan fingerprint density at radius 3 is 2.12 bits per heavy atom. The lowest BCUT2D eigenvalue weighted by atomic mass is 9.70. The fourth-order valence-electron chi connectivity index (χ4n) is 7.63. The van der Waals surface area contributed by atoms with Crippen LogP contribution in [0.1, 0.15) is 22.3 Å². The number of hydrogen-bond donors (Lipinski definition) is 0. The van der Waals surface area contributed by atoms with Crippen molar-refractivity contribution in [1.82, 2.24) is 4.98 Å². The van der Waals surface area contributed by atoms with E-state index in [1.54, 1.807) is 0 Å². The van der Waals surface area contributed by atoms with Crippen LogP contribution in [-0.2, 0) is 5.41 Å². The van der Waals surface area contributed by atoms with Crippen molar-refractivity contribution in [3.8, 4) is 32.7 Å². The van der Waals surface area contributed by atoms with Crippen molar-refractivity contribution in [3.63, 3.8) is 0 Å². The van der Waals surface area contributed by atoms with Crippen molar-refractivity contribution in [2.75, 3.05) is 0 Å². The van der Waals surface area contributed by atoms with Gasteiger partial charge in [0.05, 0.1) is 5.41 Å². The second kappa shape index (κ2) is 7.79. The van der Waals surface area contributed by atoms with E-state index in [0.717, 1.165) is 0 Å². The van der Waals surface area contributed by atoms with Gasteiger partial charge in [-0.3, -0.25) is 4.98 Å². The normalized spacial score (nSPS) is 16.4. The van der Waals surface area contributed by atoms with Crippen molar-refractivity contribution in [2.45, 2.75) is 5.41 Å². The van der Waals surface area contributed by atoms with E-state index in [4.69, 9.17) is 4.98 Å². The van der Waals surface area contributed by atoms with Gasteiger partial charge in [-0.1, -0.05) is 97.1 Å². The molecular formula is C38H21NS2. The average Bonchev–Trinajstić information content (AvgIpc) is 3.76. The van der Waals surface area contributed by atoms with Gasteiger partial charge in [0.2, 0.25) is 0 Å². The molecule has 0 spiro atoms. The molecule has 0 radical (unpaired) electrons. The number of hydrogen-bond acceptors (Lipinski definition) is 3. The van der Waals surface area contributed by atoms with Crippen LogP contribution in [0.2, 0.25) is 0 Å². The molecule has 1 unspecified atom stereocenters. The second-order valence-electron chi connectivity index (χ2n) is 11.1. The highest BCUT2D eigenvalue weighted by Gasteiger charge is 2.54. The molecule has 5 aromatic carbocycles. The molecule has 0 saturated heterocycles. The van der Waals surface area contributed by atoms with Gasteiger partial charge in [-0.25, -0.2) is 0 Å². The summed E-state index contributed by atoms with van der Waals surface area (Å²) in [6, 6.07) is 42.7. The van der Waals surface area contributed by atoms with Crippen LogP contribution in [0.25, 0.3) is 63.0 Å². The Labute approximate surface area is 245 Å². The summed E-state index contributed by atoms with van der Waals surface area (Å²) < 4.78 is 3.99. The minimum Gasteiger partial charge on any atom is -0.264 e. The van der Waals surface area contributed by atoms with Crippen LogP contribution in [-0.4, -0.2) is 4.98 Å². The van der Waals surface area contributed by atoms with Crippen LogP contribution in [0.3, 0.4) is 0 Å². The van der Waals surface area contributed by atoms with Gasteiger partial charge in [-0.2, -0.15) is 0 Å². The first-order valence-electron chi connectivity index (χ1n) is 14.0. The van der Waals surface area contributed by atoms with Gasteiger partial charge >= 0.3 is 0 Å². The summed E-state index contributed by atoms with van der Waals surface area (Å²) in [7, 11) is 0. The summed E-state index contributed by atoms with van der Waals surface area (Å²) in [5, 5.41) is 3.99. The molecule has 3 heterocycles. The van der Waals surface area contributed by atoms with E-state index in [1.165, 1.54) is 85.2 Å². The lowest BCUT2D eigenvalue weighted by molar-refractivity contribution is 0.795. The SMILES string of the molecule is c1ccc2c(c1)-c1cccc3c1C2(c1cncc(-c2cccc4c2sc2ccccc24)c1)c1c-3sc2ccccc12. The molecule has 10 rings (SSSR count). The molecule has 3 heteroatoms. The van der Waals surface area contributed by atoms with Crippen LogP contribution < -0.4 is 0 Å². The molecule has 8 aromatic rings. The Morgan fingerprint density at radius 2 is 1.20 bits per heavy atom. The fourth-order valence-corrected chi connectivity index (χ4v) is 10.2. The number of aromatic nitrogens is 1. The average molecular weight is 556 g/mol. The topological polar surface area (TPSA) is 12.9 Å². The number of rotatable bonds is 2. The zero-order valence-corrected chi connectivity index (χ0v) is 23.5. The number of nitrogens with zero attached hydrogens (tertiary/aromatic N) is 1. The second-order valence-corrected chi connectivity index (χ2v) is 13.2. The Hall–Kier alpha value is -4.57. The summed E-state index contributed by atoms with van der Waals surface area (Å²) in [5.41, 5.74) is 11.5. The zero-order valence-electron chi connectivity index (χ0n) is 21.9. The van der Waals surface area contributed by atoms with Gasteiger partial charge in [-0.15, -0.1) is 22.7 Å². The van der Waals surface area contributed by atoms with Crippen molar-refractivity contribution in [2.24, 2.45) is 0 Å². The number of pyridine rings is 1. The third kappa shape index (κ3) is 2.64. The largest absolute Gasteiger partial charge is 0.264 e. The molecule has 0 fully saturated rings. The number of fused-ring (bicyclic) bond motifs is 11. The molecule has 1 atom stereocenters. The van der Waals surface area contributed by atoms with Crippen LogP contribution in [0, 0.1) is 0 Å². The van der Waals surface area contributed by atoms with Gasteiger partial charge in [0.1, 0.15) is 0 Å². The summed E-state index contributed by atoms with van der Waals surface area (Å²) in [6.45, 7) is 0. The highest BCUT2D eigenvalue weighted by molar-refractivity contribution is 7.26. The third-order valence-corrected chi connectivity index (χ3v) is 11.6. The van der Waals surface area contributed by atoms with Gasteiger partial charge < -0.3 is 0 Å². The van der Waals surface area contributed by atoms with E-state index in [1.807, 2.05) is 22.7 Å². The van der Waals surface area contributed by atoms with Crippen LogP contribution in [0.4, 0.5) is 0 Å². The lowest BCUT2D eigenvalue weighted by Gasteiger charge is -2.30. The van der Waals surface area contributed by atoms with Crippen molar-refractivity contribution in [1.29, 1.82) is 0 Å². The first kappa shape index (κ1) is 22.2. The summed E-state index contributed by atoms with van der Waals surface area (Å²) in [5.74, 6) is 0. The highest BCUT2D eigenvalue weighted by atomic mass is 32.1. The Balaban J connectivity index is 1.32. The smallest absolute Gasteiger partial charge is 0.0755 e. The first-order chi connectivity index (χ1) is 20.3. The first-order valence-corrected chi connectivity index (χ1v) is 15.6. The summed E-state index contributed by atoms with van der Waals surface area (Å²) in [6.07, 6.45) is 4.17. The van der Waals surface area contributed by atoms with E-state index >= 15 is 0 Å². The molecule has 0 N–H and O–H groups in total. The molecule has 41 heavy (non-hydrogen) atoms. The molecule has 0 amide bonds. The number of thiophene rings is 2. The van der Waals surface area contributed by atoms with E-state index in [0.29, 0.717) is 0 Å². The maximum Gasteiger partial charge on any atom is 0.0755 e. The molecule has 3 aromatic heterocycles. The Kier molecular flexibility index (Phi) is 4.21. The van der Waals surface area contributed by atoms with E-state index < -0.39 is 5.41 Å². The monoisotopic (exact) mass is 555 g/mol. The molecule has 2 aliphatic rings. The van der Waals surface area contributed by atoms with E-state index in [9.17, 15) is 0 Å². The van der Waals surface area contributed by atoms with Crippen molar-refractivity contribution >= 4 is 52.9 Å². The van der Waals surface area contributed by atoms with E-state index in [2.05, 4.69) is 128 Å². The minimum atomic E-state index is -0.394. The predicted octanol–water partition coefficient (Wildman–Crippen LogP) is 10.7. The fraction of sp³-hybridized carbons (Fsp3) is 0.0263.